The van der Waals surface area contributed by atoms with E-state index in [2.05, 4.69) is 33.0 Å². The van der Waals surface area contributed by atoms with Crippen LogP contribution in [-0.2, 0) is 23.1 Å². The summed E-state index contributed by atoms with van der Waals surface area (Å²) in [5.74, 6) is 1.98. The molecule has 1 heterocycles. The highest BCUT2D eigenvalue weighted by Gasteiger charge is 2.14. The maximum Gasteiger partial charge on any atom is 0.251 e. The van der Waals surface area contributed by atoms with Gasteiger partial charge in [0.1, 0.15) is 0 Å². The van der Waals surface area contributed by atoms with E-state index >= 15 is 0 Å². The van der Waals surface area contributed by atoms with Crippen LogP contribution in [0.3, 0.4) is 0 Å². The van der Waals surface area contributed by atoms with Crippen LogP contribution in [0.1, 0.15) is 47.2 Å². The zero-order chi connectivity index (χ0) is 22.1. The minimum absolute atomic E-state index is 0.0699. The molecule has 1 amide bonds. The van der Waals surface area contributed by atoms with E-state index in [-0.39, 0.29) is 17.3 Å². The van der Waals surface area contributed by atoms with E-state index < -0.39 is 10.0 Å². The van der Waals surface area contributed by atoms with Crippen molar-refractivity contribution in [1.82, 2.24) is 14.9 Å². The first-order valence-electron chi connectivity index (χ1n) is 10.6. The predicted molar refractivity (Wildman–Crippen MR) is 122 cm³/mol. The molecule has 2 N–H and O–H groups in total. The molecule has 0 radical (unpaired) electrons. The van der Waals surface area contributed by atoms with Crippen LogP contribution in [0.25, 0.3) is 0 Å². The van der Waals surface area contributed by atoms with Gasteiger partial charge in [0.15, 0.2) is 0 Å². The summed E-state index contributed by atoms with van der Waals surface area (Å²) in [5.41, 5.74) is 2.69. The number of benzene rings is 2. The van der Waals surface area contributed by atoms with Crippen molar-refractivity contribution in [2.45, 2.75) is 43.7 Å². The number of hydrogen-bond acceptors (Lipinski definition) is 4. The largest absolute Gasteiger partial charge is 0.348 e. The second-order valence-corrected chi connectivity index (χ2v) is 9.51. The van der Waals surface area contributed by atoms with Gasteiger partial charge in [-0.3, -0.25) is 9.69 Å². The van der Waals surface area contributed by atoms with Crippen LogP contribution in [0.2, 0.25) is 0 Å². The Morgan fingerprint density at radius 3 is 2.35 bits per heavy atom. The standard InChI is InChI=1S/C24H29N3O3S/c1-2-14-26-31(29,30)23-12-10-22(11-13-23)24(28)25-18-20-8-7-9-21(17-20)19-27-15-5-3-4-6-16-27/h1,7-13,17,26H,3-6,14-16,18-19H2,(H,25,28). The number of hydrogen-bond donors (Lipinski definition) is 2. The lowest BCUT2D eigenvalue weighted by molar-refractivity contribution is 0.0951. The highest BCUT2D eigenvalue weighted by molar-refractivity contribution is 7.89. The van der Waals surface area contributed by atoms with Crippen molar-refractivity contribution < 1.29 is 13.2 Å². The third kappa shape index (κ3) is 6.93. The van der Waals surface area contributed by atoms with Crippen LogP contribution in [-0.4, -0.2) is 38.9 Å². The highest BCUT2D eigenvalue weighted by Crippen LogP contribution is 2.15. The molecule has 1 fully saturated rings. The van der Waals surface area contributed by atoms with Gasteiger partial charge in [-0.25, -0.2) is 8.42 Å². The van der Waals surface area contributed by atoms with Gasteiger partial charge < -0.3 is 5.32 Å². The van der Waals surface area contributed by atoms with E-state index in [9.17, 15) is 13.2 Å². The topological polar surface area (TPSA) is 78.5 Å². The molecule has 0 unspecified atom stereocenters. The number of nitrogens with one attached hydrogen (secondary N) is 2. The van der Waals surface area contributed by atoms with Crippen LogP contribution in [0.4, 0.5) is 0 Å². The number of carbonyl (C=O) groups is 1. The first-order valence-corrected chi connectivity index (χ1v) is 12.1. The predicted octanol–water partition coefficient (Wildman–Crippen LogP) is 2.90. The van der Waals surface area contributed by atoms with Gasteiger partial charge in [-0.2, -0.15) is 4.72 Å². The molecule has 0 atom stereocenters. The number of nitrogens with zero attached hydrogens (tertiary/aromatic N) is 1. The Morgan fingerprint density at radius 1 is 1.00 bits per heavy atom. The molecule has 3 rings (SSSR count). The molecule has 31 heavy (non-hydrogen) atoms. The molecule has 1 saturated heterocycles. The first-order chi connectivity index (χ1) is 15.0. The Labute approximate surface area is 185 Å². The minimum atomic E-state index is -3.67. The lowest BCUT2D eigenvalue weighted by atomic mass is 10.1. The summed E-state index contributed by atoms with van der Waals surface area (Å²) in [5, 5.41) is 2.90. The van der Waals surface area contributed by atoms with Crippen LogP contribution in [0, 0.1) is 12.3 Å². The van der Waals surface area contributed by atoms with Crippen molar-refractivity contribution in [1.29, 1.82) is 0 Å². The van der Waals surface area contributed by atoms with Gasteiger partial charge in [-0.05, 0) is 61.3 Å². The summed E-state index contributed by atoms with van der Waals surface area (Å²) in [6, 6.07) is 14.1. The molecule has 7 heteroatoms. The number of sulfonamides is 1. The highest BCUT2D eigenvalue weighted by atomic mass is 32.2. The quantitative estimate of drug-likeness (QED) is 0.620. The van der Waals surface area contributed by atoms with Gasteiger partial charge in [0.05, 0.1) is 11.4 Å². The normalized spacial score (nSPS) is 15.1. The van der Waals surface area contributed by atoms with Crippen molar-refractivity contribution in [3.05, 3.63) is 65.2 Å². The fourth-order valence-corrected chi connectivity index (χ4v) is 4.61. The third-order valence-electron chi connectivity index (χ3n) is 5.34. The average molecular weight is 440 g/mol. The van der Waals surface area contributed by atoms with Gasteiger partial charge in [0, 0.05) is 18.7 Å². The molecule has 6 nitrogen and oxygen atoms in total. The van der Waals surface area contributed by atoms with Gasteiger partial charge in [0.25, 0.3) is 5.91 Å². The SMILES string of the molecule is C#CCNS(=O)(=O)c1ccc(C(=O)NCc2cccc(CN3CCCCCC3)c2)cc1. The third-order valence-corrected chi connectivity index (χ3v) is 6.76. The van der Waals surface area contributed by atoms with Crippen molar-refractivity contribution in [3.63, 3.8) is 0 Å². The van der Waals surface area contributed by atoms with Gasteiger partial charge in [-0.15, -0.1) is 6.42 Å². The fourth-order valence-electron chi connectivity index (χ4n) is 3.68. The van der Waals surface area contributed by atoms with Crippen molar-refractivity contribution >= 4 is 15.9 Å². The summed E-state index contributed by atoms with van der Waals surface area (Å²) < 4.78 is 26.4. The number of amides is 1. The maximum atomic E-state index is 12.5. The first kappa shape index (κ1) is 23.0. The molecule has 1 aliphatic rings. The molecule has 2 aromatic rings. The molecular weight excluding hydrogens is 410 g/mol. The van der Waals surface area contributed by atoms with Crippen molar-refractivity contribution in [2.24, 2.45) is 0 Å². The number of terminal acetylenes is 1. The van der Waals surface area contributed by atoms with Gasteiger partial charge in [0.2, 0.25) is 10.0 Å². The molecule has 0 aliphatic carbocycles. The molecule has 164 valence electrons. The summed E-state index contributed by atoms with van der Waals surface area (Å²) in [4.78, 5) is 15.0. The van der Waals surface area contributed by atoms with E-state index in [0.29, 0.717) is 12.1 Å². The molecule has 0 aromatic heterocycles. The zero-order valence-corrected chi connectivity index (χ0v) is 18.5. The summed E-state index contributed by atoms with van der Waals surface area (Å²) in [6.45, 7) is 3.55. The Hall–Kier alpha value is -2.66. The molecule has 0 saturated carbocycles. The molecular formula is C24H29N3O3S. The Morgan fingerprint density at radius 2 is 1.68 bits per heavy atom. The zero-order valence-electron chi connectivity index (χ0n) is 17.6. The minimum Gasteiger partial charge on any atom is -0.348 e. The van der Waals surface area contributed by atoms with E-state index in [4.69, 9.17) is 6.42 Å². The van der Waals surface area contributed by atoms with Crippen LogP contribution >= 0.6 is 0 Å². The lowest BCUT2D eigenvalue weighted by Gasteiger charge is -2.20. The van der Waals surface area contributed by atoms with Crippen LogP contribution < -0.4 is 10.0 Å². The number of carbonyl (C=O) groups excluding carboxylic acids is 1. The second-order valence-electron chi connectivity index (χ2n) is 7.75. The van der Waals surface area contributed by atoms with E-state index in [1.807, 2.05) is 12.1 Å². The number of likely N-dealkylation sites (tertiary alicyclic amines) is 1. The second kappa shape index (κ2) is 11.1. The molecule has 0 spiro atoms. The van der Waals surface area contributed by atoms with E-state index in [0.717, 1.165) is 25.2 Å². The van der Waals surface area contributed by atoms with Crippen LogP contribution in [0.5, 0.6) is 0 Å². The lowest BCUT2D eigenvalue weighted by Crippen LogP contribution is -2.25. The van der Waals surface area contributed by atoms with Gasteiger partial charge >= 0.3 is 0 Å². The Balaban J connectivity index is 1.56. The molecule has 1 aliphatic heterocycles. The summed E-state index contributed by atoms with van der Waals surface area (Å²) in [7, 11) is -3.67. The summed E-state index contributed by atoms with van der Waals surface area (Å²) in [6.07, 6.45) is 10.2. The number of rotatable bonds is 8. The Bertz CT molecular complexity index is 1020. The van der Waals surface area contributed by atoms with Gasteiger partial charge in [-0.1, -0.05) is 43.0 Å². The smallest absolute Gasteiger partial charge is 0.251 e. The fraction of sp³-hybridized carbons (Fsp3) is 0.375. The van der Waals surface area contributed by atoms with E-state index in [1.54, 1.807) is 0 Å². The Kier molecular flexibility index (Phi) is 8.24. The van der Waals surface area contributed by atoms with Crippen molar-refractivity contribution in [2.75, 3.05) is 19.6 Å². The van der Waals surface area contributed by atoms with Crippen molar-refractivity contribution in [3.8, 4) is 12.3 Å². The monoisotopic (exact) mass is 439 g/mol. The maximum absolute atomic E-state index is 12.5. The van der Waals surface area contributed by atoms with Crippen LogP contribution in [0.15, 0.2) is 53.4 Å². The molecule has 0 bridgehead atoms. The average Bonchev–Trinajstić information content (AvgIpc) is 3.05. The van der Waals surface area contributed by atoms with E-state index in [1.165, 1.54) is 55.5 Å². The molecule has 2 aromatic carbocycles. The summed E-state index contributed by atoms with van der Waals surface area (Å²) >= 11 is 0.